The smallest absolute Gasteiger partial charge is 0.871 e. The standard InChI is InChI=1S/C28H22Cl2N8O10S4.2Na/c29-20-3-1-2-4-21(20)32-28(49)36-27-34-25(30)33-26(35-27)31-17-7-10-19-15(13-17)14-22(51(40,41)42)23(24(19)39)38-37-16-5-8-18(9-6-16)50-48-46-11-12-47-52(43,44)45;;/h1-10,13-14,39H,11-12H2,(H,40,41,42)(H,43,44,45)(H3,31,32,33,34,35,36,49);;/q;2*+1/p-2. The minimum atomic E-state index is -5.20. The number of rotatable bonds is 14. The Labute approximate surface area is 371 Å². The van der Waals surface area contributed by atoms with Crippen molar-refractivity contribution in [2.45, 2.75) is 9.79 Å². The van der Waals surface area contributed by atoms with Crippen molar-refractivity contribution in [3.05, 3.63) is 83.1 Å². The van der Waals surface area contributed by atoms with Crippen molar-refractivity contribution in [1.29, 1.82) is 0 Å². The maximum atomic E-state index is 13.4. The number of aromatic nitrogens is 3. The van der Waals surface area contributed by atoms with E-state index in [1.807, 2.05) is 0 Å². The van der Waals surface area contributed by atoms with Crippen molar-refractivity contribution in [2.24, 2.45) is 15.2 Å². The van der Waals surface area contributed by atoms with E-state index < -0.39 is 43.5 Å². The molecule has 0 aliphatic carbocycles. The molecule has 5 rings (SSSR count). The van der Waals surface area contributed by atoms with Gasteiger partial charge in [-0.2, -0.15) is 32.8 Å². The number of anilines is 3. The number of para-hydroxylation sites is 1. The first-order valence-corrected chi connectivity index (χ1v) is 18.7. The van der Waals surface area contributed by atoms with E-state index in [2.05, 4.69) is 57.6 Å². The van der Waals surface area contributed by atoms with E-state index in [0.717, 1.165) is 18.1 Å². The molecule has 0 saturated heterocycles. The maximum Gasteiger partial charge on any atom is 1.00 e. The molecule has 4 aromatic carbocycles. The molecule has 272 valence electrons. The van der Waals surface area contributed by atoms with E-state index >= 15 is 0 Å². The summed E-state index contributed by atoms with van der Waals surface area (Å²) in [6, 6.07) is 18.0. The van der Waals surface area contributed by atoms with Gasteiger partial charge in [0.25, 0.3) is 0 Å². The van der Waals surface area contributed by atoms with Crippen LogP contribution in [0.25, 0.3) is 10.8 Å². The van der Waals surface area contributed by atoms with Gasteiger partial charge in [-0.25, -0.2) is 22.5 Å². The quantitative estimate of drug-likeness (QED) is 0.0112. The second-order valence-corrected chi connectivity index (χ2v) is 14.1. The molecule has 0 atom stereocenters. The molecule has 1 heterocycles. The van der Waals surface area contributed by atoms with Crippen LogP contribution in [0.2, 0.25) is 10.3 Å². The number of halogens is 2. The number of amidine groups is 1. The molecule has 0 bridgehead atoms. The number of hydrogen-bond acceptors (Lipinski definition) is 17. The minimum Gasteiger partial charge on any atom is -0.871 e. The second kappa shape index (κ2) is 20.8. The fourth-order valence-corrected chi connectivity index (χ4v) is 5.93. The Morgan fingerprint density at radius 2 is 1.63 bits per heavy atom. The van der Waals surface area contributed by atoms with Crippen LogP contribution in [0.15, 0.2) is 97.8 Å². The molecule has 5 aromatic rings. The molecule has 0 aliphatic heterocycles. The first kappa shape index (κ1) is 46.2. The molecule has 18 nitrogen and oxygen atoms in total. The molecular formula is C28H20Cl2N8Na2O10S4. The second-order valence-electron chi connectivity index (χ2n) is 9.75. The summed E-state index contributed by atoms with van der Waals surface area (Å²) in [5.41, 5.74) is 0.226. The van der Waals surface area contributed by atoms with E-state index in [4.69, 9.17) is 37.0 Å². The first-order chi connectivity index (χ1) is 24.6. The third-order valence-corrected chi connectivity index (χ3v) is 8.79. The summed E-state index contributed by atoms with van der Waals surface area (Å²) in [6.07, 6.45) is 0. The van der Waals surface area contributed by atoms with E-state index in [9.17, 15) is 26.5 Å². The van der Waals surface area contributed by atoms with Gasteiger partial charge in [0, 0.05) is 10.6 Å². The van der Waals surface area contributed by atoms with Gasteiger partial charge in [0.05, 0.1) is 45.6 Å². The summed E-state index contributed by atoms with van der Waals surface area (Å²) in [7, 11) is -9.80. The van der Waals surface area contributed by atoms with Crippen LogP contribution in [-0.4, -0.2) is 59.3 Å². The number of fused-ring (bicyclic) bond motifs is 1. The van der Waals surface area contributed by atoms with Gasteiger partial charge in [0.2, 0.25) is 17.2 Å². The van der Waals surface area contributed by atoms with Gasteiger partial charge in [0.1, 0.15) is 16.7 Å². The van der Waals surface area contributed by atoms with Gasteiger partial charge in [0.15, 0.2) is 5.17 Å². The molecule has 26 heteroatoms. The van der Waals surface area contributed by atoms with Crippen LogP contribution in [0, 0.1) is 0 Å². The normalized spacial score (nSPS) is 12.0. The number of hydrogen-bond donors (Lipinski definition) is 4. The molecule has 0 fully saturated rings. The summed E-state index contributed by atoms with van der Waals surface area (Å²) in [6.45, 7) is -0.790. The zero-order valence-corrected chi connectivity index (χ0v) is 36.4. The number of nitrogens with zero attached hydrogens (tertiary/aromatic N) is 6. The van der Waals surface area contributed by atoms with Crippen molar-refractivity contribution in [2.75, 3.05) is 23.8 Å². The average molecular weight is 874 g/mol. The van der Waals surface area contributed by atoms with Crippen LogP contribution < -0.4 is 74.9 Å². The van der Waals surface area contributed by atoms with E-state index in [-0.39, 0.29) is 105 Å². The molecule has 3 N–H and O–H groups in total. The van der Waals surface area contributed by atoms with Crippen LogP contribution in [0.1, 0.15) is 0 Å². The summed E-state index contributed by atoms with van der Waals surface area (Å²) in [4.78, 5) is 20.8. The summed E-state index contributed by atoms with van der Waals surface area (Å²) >= 11 is 17.3. The number of aliphatic imine (C=N–C) groups is 1. The van der Waals surface area contributed by atoms with Crippen LogP contribution in [0.3, 0.4) is 0 Å². The van der Waals surface area contributed by atoms with Crippen molar-refractivity contribution < 1.29 is 104 Å². The third-order valence-electron chi connectivity index (χ3n) is 6.15. The minimum absolute atomic E-state index is 0. The van der Waals surface area contributed by atoms with Gasteiger partial charge in [-0.3, -0.25) is 4.55 Å². The molecule has 0 aliphatic rings. The third kappa shape index (κ3) is 13.8. The number of benzene rings is 4. The van der Waals surface area contributed by atoms with Crippen LogP contribution in [0.4, 0.5) is 34.6 Å². The van der Waals surface area contributed by atoms with Gasteiger partial charge in [-0.05, 0) is 77.0 Å². The Morgan fingerprint density at radius 3 is 2.31 bits per heavy atom. The summed E-state index contributed by atoms with van der Waals surface area (Å²) in [5, 5.41) is 27.1. The van der Waals surface area contributed by atoms with E-state index in [1.165, 1.54) is 42.5 Å². The van der Waals surface area contributed by atoms with E-state index in [0.29, 0.717) is 21.3 Å². The predicted molar refractivity (Wildman–Crippen MR) is 192 cm³/mol. The molecule has 0 unspecified atom stereocenters. The zero-order chi connectivity index (χ0) is 37.5. The van der Waals surface area contributed by atoms with Gasteiger partial charge in [-0.15, -0.1) is 17.7 Å². The van der Waals surface area contributed by atoms with Crippen molar-refractivity contribution in [3.8, 4) is 5.75 Å². The Bertz CT molecular complexity index is 2400. The van der Waals surface area contributed by atoms with Crippen LogP contribution in [-0.2, 0) is 33.9 Å². The topological polar surface area (TPSA) is 262 Å². The molecule has 0 amide bonds. The number of azo groups is 1. The average Bonchev–Trinajstić information content (AvgIpc) is 3.06. The zero-order valence-electron chi connectivity index (χ0n) is 27.6. The monoisotopic (exact) mass is 872 g/mol. The number of thiol groups is 1. The summed E-state index contributed by atoms with van der Waals surface area (Å²) in [5.74, 6) is -0.941. The molecule has 0 radical (unpaired) electrons. The fourth-order valence-electron chi connectivity index (χ4n) is 4.02. The maximum absolute atomic E-state index is 13.4. The largest absolute Gasteiger partial charge is 1.00 e. The predicted octanol–water partition coefficient (Wildman–Crippen LogP) is 0.280. The Kier molecular flexibility index (Phi) is 17.8. The van der Waals surface area contributed by atoms with Crippen molar-refractivity contribution >= 4 is 119 Å². The molecule has 1 aromatic heterocycles. The number of nitrogens with one attached hydrogen (secondary N) is 2. The van der Waals surface area contributed by atoms with Crippen LogP contribution >= 0.6 is 47.9 Å². The van der Waals surface area contributed by atoms with Crippen LogP contribution in [0.5, 0.6) is 5.75 Å². The van der Waals surface area contributed by atoms with Crippen molar-refractivity contribution in [3.63, 3.8) is 0 Å². The summed E-state index contributed by atoms with van der Waals surface area (Å²) < 4.78 is 75.1. The Morgan fingerprint density at radius 1 is 0.926 bits per heavy atom. The van der Waals surface area contributed by atoms with E-state index in [1.54, 1.807) is 24.3 Å². The Balaban J connectivity index is 0.00000392. The van der Waals surface area contributed by atoms with Crippen molar-refractivity contribution in [1.82, 2.24) is 15.0 Å². The van der Waals surface area contributed by atoms with Gasteiger partial charge >= 0.3 is 69.5 Å². The van der Waals surface area contributed by atoms with Gasteiger partial charge in [-0.1, -0.05) is 35.5 Å². The first-order valence-electron chi connectivity index (χ1n) is 14.0. The molecule has 54 heavy (non-hydrogen) atoms. The Hall–Kier alpha value is -2.20. The van der Waals surface area contributed by atoms with Gasteiger partial charge < -0.3 is 20.3 Å². The molecule has 0 spiro atoms. The SMILES string of the molecule is O=S(=O)(O)OCCOOSc1ccc(N=Nc2c(S(=O)(=O)[O-])cc3cc(Nc4nc(Cl)nc(NC(S)=Nc5ccccc5Cl)n4)ccc3c2[O-])cc1.[Na+].[Na+]. The molecular weight excluding hydrogens is 854 g/mol. The molecule has 0 saturated carbocycles. The fraction of sp³-hybridized carbons (Fsp3) is 0.0714.